The van der Waals surface area contributed by atoms with E-state index in [0.717, 1.165) is 5.56 Å². The number of ketones is 2. The van der Waals surface area contributed by atoms with E-state index in [1.165, 1.54) is 6.92 Å². The van der Waals surface area contributed by atoms with Gasteiger partial charge in [-0.3, -0.25) is 14.4 Å². The molecule has 2 bridgehead atoms. The fourth-order valence-corrected chi connectivity index (χ4v) is 4.61. The number of anilines is 1. The molecular weight excluding hydrogens is 358 g/mol. The lowest BCUT2D eigenvalue weighted by molar-refractivity contribution is -0.170. The average Bonchev–Trinajstić information content (AvgIpc) is 2.68. The number of rotatable bonds is 1. The van der Waals surface area contributed by atoms with E-state index in [9.17, 15) is 14.4 Å². The van der Waals surface area contributed by atoms with Gasteiger partial charge in [0, 0.05) is 35.6 Å². The lowest BCUT2D eigenvalue weighted by atomic mass is 9.78. The third-order valence-corrected chi connectivity index (χ3v) is 5.81. The molecule has 28 heavy (non-hydrogen) atoms. The van der Waals surface area contributed by atoms with Gasteiger partial charge < -0.3 is 14.8 Å². The number of ether oxygens (including phenoxy) is 2. The summed E-state index contributed by atoms with van der Waals surface area (Å²) in [6, 6.07) is 10.3. The summed E-state index contributed by atoms with van der Waals surface area (Å²) >= 11 is 0. The molecule has 142 valence electrons. The number of hydrogen-bond donors (Lipinski definition) is 1. The Labute approximate surface area is 161 Å². The monoisotopic (exact) mass is 377 g/mol. The van der Waals surface area contributed by atoms with Gasteiger partial charge in [0.05, 0.1) is 29.5 Å². The summed E-state index contributed by atoms with van der Waals surface area (Å²) in [5.74, 6) is -0.704. The van der Waals surface area contributed by atoms with Gasteiger partial charge in [-0.05, 0) is 13.0 Å². The van der Waals surface area contributed by atoms with Crippen LogP contribution in [0, 0.1) is 0 Å². The van der Waals surface area contributed by atoms with E-state index in [1.807, 2.05) is 13.0 Å². The molecule has 0 aromatic heterocycles. The highest BCUT2D eigenvalue weighted by Gasteiger charge is 2.45. The number of nitrogens with one attached hydrogen (secondary N) is 1. The molecule has 1 aliphatic carbocycles. The molecule has 2 heterocycles. The van der Waals surface area contributed by atoms with Crippen molar-refractivity contribution in [3.05, 3.63) is 64.2 Å². The van der Waals surface area contributed by atoms with Gasteiger partial charge in [0.1, 0.15) is 6.10 Å². The second-order valence-corrected chi connectivity index (χ2v) is 7.55. The second-order valence-electron chi connectivity index (χ2n) is 7.55. The van der Waals surface area contributed by atoms with Crippen molar-refractivity contribution >= 4 is 23.2 Å². The van der Waals surface area contributed by atoms with Crippen LogP contribution in [0.1, 0.15) is 63.8 Å². The Morgan fingerprint density at radius 1 is 1.07 bits per heavy atom. The van der Waals surface area contributed by atoms with Gasteiger partial charge in [-0.1, -0.05) is 30.3 Å². The number of benzene rings is 2. The molecule has 6 nitrogen and oxygen atoms in total. The maximum absolute atomic E-state index is 13.3. The molecule has 2 aliphatic heterocycles. The van der Waals surface area contributed by atoms with Crippen LogP contribution in [0.4, 0.5) is 5.69 Å². The van der Waals surface area contributed by atoms with Crippen molar-refractivity contribution in [3.8, 4) is 0 Å². The second kappa shape index (κ2) is 6.01. The molecule has 5 rings (SSSR count). The highest BCUT2D eigenvalue weighted by atomic mass is 16.6. The number of hydrogen-bond acceptors (Lipinski definition) is 6. The van der Waals surface area contributed by atoms with Gasteiger partial charge in [-0.25, -0.2) is 0 Å². The first-order valence-corrected chi connectivity index (χ1v) is 9.40. The molecule has 6 heteroatoms. The van der Waals surface area contributed by atoms with Crippen molar-refractivity contribution in [1.29, 1.82) is 0 Å². The van der Waals surface area contributed by atoms with E-state index in [1.54, 1.807) is 30.3 Å². The van der Waals surface area contributed by atoms with Crippen molar-refractivity contribution in [2.75, 3.05) is 5.32 Å². The minimum atomic E-state index is -0.459. The molecule has 2 aromatic rings. The standard InChI is InChI=1S/C22H19NO5/c1-10-22(28-11(2)24)16-9-17(27-10)14-7-8-15-18(19(14)23-16)21(26)13-6-4-3-5-12(13)20(15)25/h3-8,10,16-17,22-23H,9H2,1-2H3/t10-,16-,17-,22-/m0/s1. The average molecular weight is 377 g/mol. The summed E-state index contributed by atoms with van der Waals surface area (Å²) in [5, 5.41) is 3.39. The van der Waals surface area contributed by atoms with E-state index in [2.05, 4.69) is 5.32 Å². The number of carbonyl (C=O) groups excluding carboxylic acids is 3. The molecule has 1 N–H and O–H groups in total. The van der Waals surface area contributed by atoms with Gasteiger partial charge in [-0.15, -0.1) is 0 Å². The fourth-order valence-electron chi connectivity index (χ4n) is 4.61. The van der Waals surface area contributed by atoms with Gasteiger partial charge in [-0.2, -0.15) is 0 Å². The summed E-state index contributed by atoms with van der Waals surface area (Å²) in [6.45, 7) is 3.25. The van der Waals surface area contributed by atoms with E-state index in [4.69, 9.17) is 9.47 Å². The van der Waals surface area contributed by atoms with Crippen LogP contribution >= 0.6 is 0 Å². The van der Waals surface area contributed by atoms with Crippen molar-refractivity contribution < 1.29 is 23.9 Å². The predicted molar refractivity (Wildman–Crippen MR) is 101 cm³/mol. The maximum atomic E-state index is 13.3. The lowest BCUT2D eigenvalue weighted by Crippen LogP contribution is -2.52. The minimum Gasteiger partial charge on any atom is -0.458 e. The topological polar surface area (TPSA) is 81.7 Å². The first kappa shape index (κ1) is 17.1. The Bertz CT molecular complexity index is 1040. The van der Waals surface area contributed by atoms with Gasteiger partial charge in [0.25, 0.3) is 0 Å². The molecular formula is C22H19NO5. The molecule has 0 unspecified atom stereocenters. The van der Waals surface area contributed by atoms with E-state index in [-0.39, 0.29) is 35.8 Å². The largest absolute Gasteiger partial charge is 0.458 e. The molecule has 3 aliphatic rings. The van der Waals surface area contributed by atoms with Gasteiger partial charge in [0.2, 0.25) is 0 Å². The third kappa shape index (κ3) is 2.34. The van der Waals surface area contributed by atoms with Crippen molar-refractivity contribution in [2.24, 2.45) is 0 Å². The molecule has 1 fully saturated rings. The zero-order valence-electron chi connectivity index (χ0n) is 15.5. The molecule has 0 saturated carbocycles. The Morgan fingerprint density at radius 3 is 2.50 bits per heavy atom. The molecule has 0 spiro atoms. The Morgan fingerprint density at radius 2 is 1.79 bits per heavy atom. The summed E-state index contributed by atoms with van der Waals surface area (Å²) < 4.78 is 11.6. The first-order chi connectivity index (χ1) is 13.5. The predicted octanol–water partition coefficient (Wildman–Crippen LogP) is 3.04. The molecule has 0 amide bonds. The fraction of sp³-hybridized carbons (Fsp3) is 0.318. The van der Waals surface area contributed by atoms with Crippen molar-refractivity contribution in [3.63, 3.8) is 0 Å². The van der Waals surface area contributed by atoms with E-state index >= 15 is 0 Å². The van der Waals surface area contributed by atoms with Crippen LogP contribution in [0.5, 0.6) is 0 Å². The zero-order chi connectivity index (χ0) is 19.6. The first-order valence-electron chi connectivity index (χ1n) is 9.40. The molecule has 2 aromatic carbocycles. The Balaban J connectivity index is 1.64. The van der Waals surface area contributed by atoms with Crippen LogP contribution in [0.25, 0.3) is 0 Å². The smallest absolute Gasteiger partial charge is 0.303 e. The highest BCUT2D eigenvalue weighted by molar-refractivity contribution is 6.30. The molecule has 4 atom stereocenters. The summed E-state index contributed by atoms with van der Waals surface area (Å²) in [5.41, 5.74) is 3.11. The normalized spacial score (nSPS) is 27.2. The SMILES string of the molecule is CC(=O)O[C@@H]1[C@@H]2C[C@H](O[C@H]1C)c1ccc3c(c1N2)C(=O)c1ccccc1C3=O. The maximum Gasteiger partial charge on any atom is 0.303 e. The van der Waals surface area contributed by atoms with Crippen LogP contribution in [0.3, 0.4) is 0 Å². The van der Waals surface area contributed by atoms with Crippen molar-refractivity contribution in [2.45, 2.75) is 44.6 Å². The summed E-state index contributed by atoms with van der Waals surface area (Å²) in [7, 11) is 0. The Hall–Kier alpha value is -2.99. The van der Waals surface area contributed by atoms with E-state index < -0.39 is 6.10 Å². The summed E-state index contributed by atoms with van der Waals surface area (Å²) in [6.07, 6.45) is -0.317. The van der Waals surface area contributed by atoms with E-state index in [0.29, 0.717) is 34.4 Å². The number of carbonyl (C=O) groups is 3. The van der Waals surface area contributed by atoms with Crippen LogP contribution in [0.2, 0.25) is 0 Å². The van der Waals surface area contributed by atoms with Gasteiger partial charge in [0.15, 0.2) is 11.6 Å². The summed E-state index contributed by atoms with van der Waals surface area (Å²) in [4.78, 5) is 37.7. The van der Waals surface area contributed by atoms with Gasteiger partial charge >= 0.3 is 5.97 Å². The Kier molecular flexibility index (Phi) is 3.67. The quantitative estimate of drug-likeness (QED) is 0.657. The van der Waals surface area contributed by atoms with Crippen LogP contribution < -0.4 is 5.32 Å². The zero-order valence-corrected chi connectivity index (χ0v) is 15.5. The van der Waals surface area contributed by atoms with Crippen LogP contribution in [0.15, 0.2) is 36.4 Å². The lowest BCUT2D eigenvalue weighted by Gasteiger charge is -2.45. The minimum absolute atomic E-state index is 0.156. The number of fused-ring (bicyclic) bond motifs is 7. The van der Waals surface area contributed by atoms with Crippen molar-refractivity contribution in [1.82, 2.24) is 0 Å². The number of esters is 1. The third-order valence-electron chi connectivity index (χ3n) is 5.81. The molecule has 1 saturated heterocycles. The molecule has 0 radical (unpaired) electrons. The van der Waals surface area contributed by atoms with Crippen LogP contribution in [-0.4, -0.2) is 35.8 Å². The highest BCUT2D eigenvalue weighted by Crippen LogP contribution is 2.46. The van der Waals surface area contributed by atoms with Crippen LogP contribution in [-0.2, 0) is 14.3 Å².